The van der Waals surface area contributed by atoms with Gasteiger partial charge in [0.2, 0.25) is 0 Å². The molecule has 1 heterocycles. The number of nitriles is 1. The van der Waals surface area contributed by atoms with Gasteiger partial charge in [0, 0.05) is 49.8 Å². The van der Waals surface area contributed by atoms with Crippen LogP contribution in [0.2, 0.25) is 0 Å². The van der Waals surface area contributed by atoms with Crippen LogP contribution in [0.25, 0.3) is 0 Å². The van der Waals surface area contributed by atoms with Gasteiger partial charge in [0.25, 0.3) is 0 Å². The molecule has 0 aromatic carbocycles. The molecule has 11 heavy (non-hydrogen) atoms. The topological polar surface area (TPSA) is 36.7 Å². The van der Waals surface area contributed by atoms with Gasteiger partial charge >= 0.3 is 0 Å². The summed E-state index contributed by atoms with van der Waals surface area (Å²) in [5, 5.41) is 8.36. The minimum Gasteiger partial charge on any atom is -0.245 e. The van der Waals surface area contributed by atoms with E-state index in [2.05, 4.69) is 4.98 Å². The Kier molecular flexibility index (Phi) is 5.89. The first kappa shape index (κ1) is 11.2. The molecule has 0 N–H and O–H groups in total. The van der Waals surface area contributed by atoms with Crippen LogP contribution in [0.1, 0.15) is 11.3 Å². The normalized spacial score (nSPS) is 8.00. The van der Waals surface area contributed by atoms with Crippen molar-refractivity contribution in [1.29, 1.82) is 5.26 Å². The van der Waals surface area contributed by atoms with Crippen molar-refractivity contribution in [2.75, 3.05) is 0 Å². The quantitative estimate of drug-likeness (QED) is 0.635. The summed E-state index contributed by atoms with van der Waals surface area (Å²) in [5.74, 6) is 0.443. The van der Waals surface area contributed by atoms with Gasteiger partial charge in [-0.05, 0) is 11.6 Å². The summed E-state index contributed by atoms with van der Waals surface area (Å²) in [4.78, 5) is 3.82. The molecule has 0 atom stereocenters. The first-order chi connectivity index (χ1) is 4.86. The van der Waals surface area contributed by atoms with Crippen molar-refractivity contribution < 1.29 is 37.7 Å². The molecular weight excluding hydrogens is 187 g/mol. The van der Waals surface area contributed by atoms with E-state index >= 15 is 0 Å². The number of halogens is 1. The fourth-order valence-corrected chi connectivity index (χ4v) is 0.728. The largest absolute Gasteiger partial charge is 0.245 e. The Morgan fingerprint density at radius 1 is 1.55 bits per heavy atom. The molecule has 1 rings (SSSR count). The summed E-state index contributed by atoms with van der Waals surface area (Å²) in [5.41, 5.74) is 1.36. The van der Waals surface area contributed by atoms with Crippen LogP contribution in [0.5, 0.6) is 0 Å². The number of hydrogen-bond donors (Lipinski definition) is 0. The summed E-state index contributed by atoms with van der Waals surface area (Å²) in [6.45, 7) is 0. The molecule has 0 aliphatic carbocycles. The Bertz CT molecular complexity index is 252. The summed E-state index contributed by atoms with van der Waals surface area (Å²) < 4.78 is 0. The van der Waals surface area contributed by atoms with Crippen molar-refractivity contribution in [1.82, 2.24) is 4.98 Å². The second kappa shape index (κ2) is 5.79. The zero-order chi connectivity index (χ0) is 7.40. The van der Waals surface area contributed by atoms with E-state index in [1.807, 2.05) is 6.07 Å². The van der Waals surface area contributed by atoms with Crippen molar-refractivity contribution in [2.45, 2.75) is 5.88 Å². The average Bonchev–Trinajstić information content (AvgIpc) is 2.05. The monoisotopic (exact) mass is 192 g/mol. The smallest absolute Gasteiger partial charge is 0.140 e. The Labute approximate surface area is 100 Å². The van der Waals surface area contributed by atoms with Crippen LogP contribution in [0.4, 0.5) is 0 Å². The number of hydrogen-bond acceptors (Lipinski definition) is 2. The molecule has 0 saturated carbocycles. The molecule has 2 nitrogen and oxygen atoms in total. The van der Waals surface area contributed by atoms with E-state index in [9.17, 15) is 0 Å². The SMILES string of the molecule is N#Cc1ccc(CCl)cn1.[Ar]. The minimum absolute atomic E-state index is 0. The summed E-state index contributed by atoms with van der Waals surface area (Å²) in [6, 6.07) is 5.36. The van der Waals surface area contributed by atoms with Gasteiger partial charge in [-0.15, -0.1) is 11.6 Å². The predicted molar refractivity (Wildman–Crippen MR) is 38.5 cm³/mol. The van der Waals surface area contributed by atoms with Crippen molar-refractivity contribution in [2.24, 2.45) is 0 Å². The van der Waals surface area contributed by atoms with E-state index < -0.39 is 0 Å². The molecule has 0 aliphatic rings. The Morgan fingerprint density at radius 3 is 2.64 bits per heavy atom. The second-order valence-electron chi connectivity index (χ2n) is 1.80. The maximum atomic E-state index is 8.36. The van der Waals surface area contributed by atoms with E-state index in [1.165, 1.54) is 0 Å². The van der Waals surface area contributed by atoms with E-state index in [0.717, 1.165) is 5.56 Å². The molecule has 0 amide bonds. The van der Waals surface area contributed by atoms with E-state index in [1.54, 1.807) is 18.3 Å². The Hall–Kier alpha value is 0.190. The zero-order valence-electron chi connectivity index (χ0n) is 5.57. The first-order valence-corrected chi connectivity index (χ1v) is 3.31. The third kappa shape index (κ3) is 3.39. The Morgan fingerprint density at radius 2 is 2.27 bits per heavy atom. The van der Waals surface area contributed by atoms with Gasteiger partial charge in [-0.3, -0.25) is 0 Å². The van der Waals surface area contributed by atoms with Crippen LogP contribution in [-0.2, 0) is 5.88 Å². The van der Waals surface area contributed by atoms with Crippen LogP contribution >= 0.6 is 11.6 Å². The van der Waals surface area contributed by atoms with Gasteiger partial charge in [-0.1, -0.05) is 6.07 Å². The van der Waals surface area contributed by atoms with Crippen molar-refractivity contribution in [3.63, 3.8) is 0 Å². The van der Waals surface area contributed by atoms with Crippen LogP contribution in [0, 0.1) is 49.1 Å². The van der Waals surface area contributed by atoms with Gasteiger partial charge in [0.05, 0.1) is 0 Å². The predicted octanol–water partition coefficient (Wildman–Crippen LogP) is 1.69. The number of aromatic nitrogens is 1. The van der Waals surface area contributed by atoms with Gasteiger partial charge in [-0.25, -0.2) is 4.98 Å². The Balaban J connectivity index is 0.000001000. The molecule has 0 fully saturated rings. The first-order valence-electron chi connectivity index (χ1n) is 2.78. The van der Waals surface area contributed by atoms with E-state index in [4.69, 9.17) is 16.9 Å². The van der Waals surface area contributed by atoms with Gasteiger partial charge in [0.1, 0.15) is 11.8 Å². The van der Waals surface area contributed by atoms with Crippen LogP contribution in [0.15, 0.2) is 18.3 Å². The number of alkyl halides is 1. The van der Waals surface area contributed by atoms with Crippen LogP contribution in [-0.4, -0.2) is 4.98 Å². The van der Waals surface area contributed by atoms with Gasteiger partial charge < -0.3 is 0 Å². The number of nitrogens with zero attached hydrogens (tertiary/aromatic N) is 2. The van der Waals surface area contributed by atoms with E-state index in [0.29, 0.717) is 11.6 Å². The molecule has 4 heteroatoms. The fourth-order valence-electron chi connectivity index (χ4n) is 0.570. The van der Waals surface area contributed by atoms with Crippen molar-refractivity contribution >= 4 is 11.6 Å². The van der Waals surface area contributed by atoms with Gasteiger partial charge in [0.15, 0.2) is 0 Å². The maximum Gasteiger partial charge on any atom is 0.140 e. The molecule has 1 aromatic heterocycles. The fraction of sp³-hybridized carbons (Fsp3) is 0.143. The average molecular weight is 193 g/mol. The third-order valence-corrected chi connectivity index (χ3v) is 1.40. The molecular formula is C7H5ArClN2. The zero-order valence-corrected chi connectivity index (χ0v) is 7.03. The van der Waals surface area contributed by atoms with E-state index in [-0.39, 0.29) is 37.7 Å². The molecule has 0 unspecified atom stereocenters. The molecule has 0 radical (unpaired) electrons. The van der Waals surface area contributed by atoms with Gasteiger partial charge in [-0.2, -0.15) is 5.26 Å². The maximum absolute atomic E-state index is 8.36. The standard InChI is InChI=1S/C7H5ClN2.Ar/c8-3-6-1-2-7(4-9)10-5-6;/h1-2,5H,3H2;. The molecule has 1 aromatic rings. The van der Waals surface area contributed by atoms with Crippen molar-refractivity contribution in [3.05, 3.63) is 29.6 Å². The summed E-state index contributed by atoms with van der Waals surface area (Å²) in [6.07, 6.45) is 1.60. The molecule has 0 bridgehead atoms. The number of rotatable bonds is 1. The number of pyridine rings is 1. The minimum atomic E-state index is 0. The summed E-state index contributed by atoms with van der Waals surface area (Å²) in [7, 11) is 0. The van der Waals surface area contributed by atoms with Crippen LogP contribution in [0.3, 0.4) is 0 Å². The molecule has 58 valence electrons. The third-order valence-electron chi connectivity index (χ3n) is 1.09. The van der Waals surface area contributed by atoms with Crippen molar-refractivity contribution in [3.8, 4) is 6.07 Å². The molecule has 0 aliphatic heterocycles. The summed E-state index contributed by atoms with van der Waals surface area (Å²) >= 11 is 5.50. The molecule has 0 spiro atoms. The molecule has 0 saturated heterocycles. The second-order valence-corrected chi connectivity index (χ2v) is 2.06. The van der Waals surface area contributed by atoms with Crippen LogP contribution < -0.4 is 0 Å².